The SMILES string of the molecule is N#Cc1cccc2c1CCN2[C@@H]1CCN(c2ccc(S(=O)(=O)Nc3nccs3)cc2)C1=O.[HH]. The molecule has 5 rings (SSSR count). The summed E-state index contributed by atoms with van der Waals surface area (Å²) in [4.78, 5) is 21.1. The highest BCUT2D eigenvalue weighted by molar-refractivity contribution is 7.93. The van der Waals surface area contributed by atoms with Crippen molar-refractivity contribution in [2.45, 2.75) is 23.8 Å². The number of hydrogen-bond acceptors (Lipinski definition) is 7. The van der Waals surface area contributed by atoms with Crippen molar-refractivity contribution in [1.82, 2.24) is 4.98 Å². The largest absolute Gasteiger partial charge is 0.359 e. The van der Waals surface area contributed by atoms with Gasteiger partial charge in [-0.05, 0) is 54.8 Å². The number of anilines is 3. The molecule has 0 unspecified atom stereocenters. The summed E-state index contributed by atoms with van der Waals surface area (Å²) in [6.45, 7) is 1.26. The van der Waals surface area contributed by atoms with Crippen LogP contribution in [0.15, 0.2) is 58.9 Å². The van der Waals surface area contributed by atoms with Gasteiger partial charge >= 0.3 is 0 Å². The molecule has 32 heavy (non-hydrogen) atoms. The number of rotatable bonds is 5. The maximum Gasteiger partial charge on any atom is 0.263 e. The number of benzene rings is 2. The van der Waals surface area contributed by atoms with Crippen molar-refractivity contribution >= 4 is 43.8 Å². The van der Waals surface area contributed by atoms with Gasteiger partial charge in [-0.1, -0.05) is 6.07 Å². The van der Waals surface area contributed by atoms with E-state index in [1.165, 1.54) is 29.7 Å². The molecule has 1 aromatic heterocycles. The number of nitriles is 1. The zero-order chi connectivity index (χ0) is 22.3. The molecular formula is C22H21N5O3S2. The first-order valence-electron chi connectivity index (χ1n) is 10.1. The number of fused-ring (bicyclic) bond motifs is 1. The Morgan fingerprint density at radius 2 is 2.00 bits per heavy atom. The molecule has 0 saturated carbocycles. The van der Waals surface area contributed by atoms with Crippen molar-refractivity contribution in [1.29, 1.82) is 5.26 Å². The third-order valence-electron chi connectivity index (χ3n) is 5.85. The smallest absolute Gasteiger partial charge is 0.263 e. The average Bonchev–Trinajstić information content (AvgIpc) is 3.53. The summed E-state index contributed by atoms with van der Waals surface area (Å²) in [5.74, 6) is -0.0169. The zero-order valence-electron chi connectivity index (χ0n) is 16.9. The Balaban J connectivity index is 0.00000259. The minimum Gasteiger partial charge on any atom is -0.359 e. The van der Waals surface area contributed by atoms with Crippen molar-refractivity contribution < 1.29 is 14.6 Å². The van der Waals surface area contributed by atoms with Crippen LogP contribution in [-0.2, 0) is 21.2 Å². The van der Waals surface area contributed by atoms with Crippen LogP contribution in [0.4, 0.5) is 16.5 Å². The van der Waals surface area contributed by atoms with Gasteiger partial charge in [0, 0.05) is 37.5 Å². The maximum absolute atomic E-state index is 13.2. The second kappa shape index (κ2) is 7.93. The van der Waals surface area contributed by atoms with E-state index >= 15 is 0 Å². The van der Waals surface area contributed by atoms with E-state index < -0.39 is 10.0 Å². The van der Waals surface area contributed by atoms with Gasteiger partial charge in [-0.3, -0.25) is 9.52 Å². The molecule has 164 valence electrons. The number of sulfonamides is 1. The van der Waals surface area contributed by atoms with Crippen molar-refractivity contribution in [3.63, 3.8) is 0 Å². The Morgan fingerprint density at radius 1 is 1.19 bits per heavy atom. The van der Waals surface area contributed by atoms with Crippen LogP contribution in [0.1, 0.15) is 19.0 Å². The van der Waals surface area contributed by atoms with E-state index in [9.17, 15) is 18.5 Å². The number of carbonyl (C=O) groups excluding carboxylic acids is 1. The van der Waals surface area contributed by atoms with E-state index in [0.29, 0.717) is 35.9 Å². The maximum atomic E-state index is 13.2. The van der Waals surface area contributed by atoms with Gasteiger partial charge in [0.05, 0.1) is 16.5 Å². The van der Waals surface area contributed by atoms with Crippen LogP contribution in [0.25, 0.3) is 0 Å². The monoisotopic (exact) mass is 467 g/mol. The molecule has 1 amide bonds. The highest BCUT2D eigenvalue weighted by Crippen LogP contribution is 2.35. The normalized spacial score (nSPS) is 18.0. The van der Waals surface area contributed by atoms with Crippen molar-refractivity contribution in [3.05, 3.63) is 65.2 Å². The van der Waals surface area contributed by atoms with Crippen molar-refractivity contribution in [2.24, 2.45) is 0 Å². The van der Waals surface area contributed by atoms with Gasteiger partial charge in [0.2, 0.25) is 5.91 Å². The molecule has 0 radical (unpaired) electrons. The van der Waals surface area contributed by atoms with E-state index in [1.54, 1.807) is 22.4 Å². The van der Waals surface area contributed by atoms with Gasteiger partial charge in [-0.25, -0.2) is 13.4 Å². The first-order valence-corrected chi connectivity index (χ1v) is 12.5. The highest BCUT2D eigenvalue weighted by Gasteiger charge is 2.39. The Bertz CT molecular complexity index is 1320. The number of thiazole rings is 1. The molecule has 10 heteroatoms. The summed E-state index contributed by atoms with van der Waals surface area (Å²) in [7, 11) is -3.74. The van der Waals surface area contributed by atoms with E-state index in [4.69, 9.17) is 0 Å². The lowest BCUT2D eigenvalue weighted by Gasteiger charge is -2.26. The number of aromatic nitrogens is 1. The van der Waals surface area contributed by atoms with Crippen molar-refractivity contribution in [2.75, 3.05) is 27.6 Å². The molecule has 1 saturated heterocycles. The van der Waals surface area contributed by atoms with E-state index in [0.717, 1.165) is 17.7 Å². The third kappa shape index (κ3) is 3.49. The average molecular weight is 468 g/mol. The number of amides is 1. The predicted octanol–water partition coefficient (Wildman–Crippen LogP) is 3.23. The Labute approximate surface area is 191 Å². The lowest BCUT2D eigenvalue weighted by molar-refractivity contribution is -0.118. The predicted molar refractivity (Wildman–Crippen MR) is 124 cm³/mol. The fraction of sp³-hybridized carbons (Fsp3) is 0.227. The van der Waals surface area contributed by atoms with Gasteiger partial charge in [0.15, 0.2) is 5.13 Å². The fourth-order valence-corrected chi connectivity index (χ4v) is 6.14. The number of nitrogens with zero attached hydrogens (tertiary/aromatic N) is 4. The van der Waals surface area contributed by atoms with Crippen LogP contribution < -0.4 is 14.5 Å². The summed E-state index contributed by atoms with van der Waals surface area (Å²) < 4.78 is 27.5. The second-order valence-electron chi connectivity index (χ2n) is 7.59. The quantitative estimate of drug-likeness (QED) is 0.617. The molecule has 3 aromatic rings. The van der Waals surface area contributed by atoms with Crippen LogP contribution in [0.3, 0.4) is 0 Å². The minimum atomic E-state index is -3.74. The standard InChI is InChI=1S/C22H19N5O3S2.H2/c23-14-15-2-1-3-19-18(15)8-11-27(19)20-9-12-26(21(20)28)16-4-6-17(7-5-16)32(29,30)25-22-24-10-13-31-22;/h1-7,10,13,20H,8-9,11-12H2,(H,24,25);1H/t20-;/m1./s1. The molecular weight excluding hydrogens is 446 g/mol. The number of hydrogen-bond donors (Lipinski definition) is 1. The fourth-order valence-electron chi connectivity index (χ4n) is 4.35. The first-order chi connectivity index (χ1) is 15.5. The summed E-state index contributed by atoms with van der Waals surface area (Å²) in [6.07, 6.45) is 2.95. The topological polar surface area (TPSA) is 106 Å². The molecule has 1 atom stereocenters. The van der Waals surface area contributed by atoms with Crippen LogP contribution in [-0.4, -0.2) is 38.4 Å². The van der Waals surface area contributed by atoms with E-state index in [-0.39, 0.29) is 18.3 Å². The molecule has 1 N–H and O–H groups in total. The van der Waals surface area contributed by atoms with Gasteiger partial charge < -0.3 is 9.80 Å². The van der Waals surface area contributed by atoms with Gasteiger partial charge in [0.25, 0.3) is 10.0 Å². The molecule has 1 fully saturated rings. The zero-order valence-corrected chi connectivity index (χ0v) is 18.6. The molecule has 0 spiro atoms. The molecule has 3 heterocycles. The molecule has 2 aromatic carbocycles. The van der Waals surface area contributed by atoms with Crippen LogP contribution in [0.5, 0.6) is 0 Å². The lowest BCUT2D eigenvalue weighted by Crippen LogP contribution is -2.41. The van der Waals surface area contributed by atoms with Gasteiger partial charge in [-0.2, -0.15) is 5.26 Å². The molecule has 2 aliphatic heterocycles. The lowest BCUT2D eigenvalue weighted by atomic mass is 10.1. The van der Waals surface area contributed by atoms with Crippen molar-refractivity contribution in [3.8, 4) is 6.07 Å². The molecule has 8 nitrogen and oxygen atoms in total. The number of nitrogens with one attached hydrogen (secondary N) is 1. The van der Waals surface area contributed by atoms with Crippen LogP contribution in [0.2, 0.25) is 0 Å². The van der Waals surface area contributed by atoms with Crippen LogP contribution in [0, 0.1) is 11.3 Å². The Hall–Kier alpha value is -3.42. The molecule has 2 aliphatic rings. The molecule has 0 bridgehead atoms. The molecule has 0 aliphatic carbocycles. The summed E-state index contributed by atoms with van der Waals surface area (Å²) in [6, 6.07) is 13.9. The summed E-state index contributed by atoms with van der Waals surface area (Å²) >= 11 is 1.20. The first kappa shape index (κ1) is 20.5. The summed E-state index contributed by atoms with van der Waals surface area (Å²) in [5, 5.41) is 11.3. The minimum absolute atomic E-state index is 0. The summed E-state index contributed by atoms with van der Waals surface area (Å²) in [5.41, 5.74) is 3.29. The second-order valence-corrected chi connectivity index (χ2v) is 10.2. The van der Waals surface area contributed by atoms with Crippen LogP contribution >= 0.6 is 11.3 Å². The third-order valence-corrected chi connectivity index (χ3v) is 8.02. The van der Waals surface area contributed by atoms with Gasteiger partial charge in [-0.15, -0.1) is 11.3 Å². The number of carbonyl (C=O) groups is 1. The highest BCUT2D eigenvalue weighted by atomic mass is 32.2. The van der Waals surface area contributed by atoms with Gasteiger partial charge in [0.1, 0.15) is 6.04 Å². The Kier molecular flexibility index (Phi) is 5.07. The van der Waals surface area contributed by atoms with E-state index in [1.807, 2.05) is 18.2 Å². The van der Waals surface area contributed by atoms with E-state index in [2.05, 4.69) is 20.7 Å². The Morgan fingerprint density at radius 3 is 2.72 bits per heavy atom.